The van der Waals surface area contributed by atoms with Crippen LogP contribution in [0.4, 0.5) is 15.8 Å². The number of methoxy groups -OCH3 is 1. The van der Waals surface area contributed by atoms with Crippen LogP contribution >= 0.6 is 0 Å². The van der Waals surface area contributed by atoms with Gasteiger partial charge in [-0.15, -0.1) is 0 Å². The molecule has 2 aromatic carbocycles. The minimum atomic E-state index is -0.429. The molecule has 0 radical (unpaired) electrons. The van der Waals surface area contributed by atoms with Crippen molar-refractivity contribution in [2.45, 2.75) is 6.42 Å². The summed E-state index contributed by atoms with van der Waals surface area (Å²) in [7, 11) is 1.31. The Hall–Kier alpha value is -2.89. The molecule has 120 valence electrons. The SMILES string of the molecule is COC(=O)c1ccc(NC(=O)CCNc2cccc(F)c2)cc1. The van der Waals surface area contributed by atoms with E-state index in [1.807, 2.05) is 0 Å². The Morgan fingerprint density at radius 3 is 2.48 bits per heavy atom. The van der Waals surface area contributed by atoms with Crippen LogP contribution in [0.3, 0.4) is 0 Å². The van der Waals surface area contributed by atoms with Crippen molar-refractivity contribution in [1.82, 2.24) is 0 Å². The van der Waals surface area contributed by atoms with E-state index in [2.05, 4.69) is 15.4 Å². The highest BCUT2D eigenvalue weighted by atomic mass is 19.1. The van der Waals surface area contributed by atoms with E-state index in [1.54, 1.807) is 36.4 Å². The molecule has 0 aliphatic heterocycles. The minimum absolute atomic E-state index is 0.181. The van der Waals surface area contributed by atoms with Crippen molar-refractivity contribution in [3.05, 3.63) is 59.9 Å². The van der Waals surface area contributed by atoms with Gasteiger partial charge in [-0.3, -0.25) is 4.79 Å². The zero-order valence-electron chi connectivity index (χ0n) is 12.6. The van der Waals surface area contributed by atoms with Gasteiger partial charge in [0.2, 0.25) is 5.91 Å². The Labute approximate surface area is 133 Å². The molecule has 0 fully saturated rings. The third-order valence-corrected chi connectivity index (χ3v) is 3.10. The number of hydrogen-bond acceptors (Lipinski definition) is 4. The standard InChI is InChI=1S/C17H17FN2O3/c1-23-17(22)12-5-7-14(8-6-12)20-16(21)9-10-19-15-4-2-3-13(18)11-15/h2-8,11,19H,9-10H2,1H3,(H,20,21). The molecule has 0 heterocycles. The fourth-order valence-electron chi connectivity index (χ4n) is 1.95. The van der Waals surface area contributed by atoms with E-state index in [-0.39, 0.29) is 18.1 Å². The molecule has 0 saturated carbocycles. The predicted molar refractivity (Wildman–Crippen MR) is 85.9 cm³/mol. The number of rotatable bonds is 6. The van der Waals surface area contributed by atoms with Crippen LogP contribution in [-0.4, -0.2) is 25.5 Å². The molecule has 0 bridgehead atoms. The van der Waals surface area contributed by atoms with Crippen molar-refractivity contribution < 1.29 is 18.7 Å². The predicted octanol–water partition coefficient (Wildman–Crippen LogP) is 3.05. The molecule has 2 rings (SSSR count). The lowest BCUT2D eigenvalue weighted by Gasteiger charge is -2.08. The van der Waals surface area contributed by atoms with Crippen molar-refractivity contribution in [2.75, 3.05) is 24.3 Å². The minimum Gasteiger partial charge on any atom is -0.465 e. The molecule has 2 aromatic rings. The van der Waals surface area contributed by atoms with E-state index in [4.69, 9.17) is 0 Å². The number of halogens is 1. The van der Waals surface area contributed by atoms with Crippen molar-refractivity contribution in [3.8, 4) is 0 Å². The summed E-state index contributed by atoms with van der Waals surface area (Å²) in [5.74, 6) is -0.938. The highest BCUT2D eigenvalue weighted by Gasteiger charge is 2.06. The summed E-state index contributed by atoms with van der Waals surface area (Å²) >= 11 is 0. The van der Waals surface area contributed by atoms with Crippen LogP contribution in [0, 0.1) is 5.82 Å². The smallest absolute Gasteiger partial charge is 0.337 e. The molecule has 1 amide bonds. The molecule has 0 unspecified atom stereocenters. The largest absolute Gasteiger partial charge is 0.465 e. The maximum Gasteiger partial charge on any atom is 0.337 e. The Balaban J connectivity index is 1.79. The van der Waals surface area contributed by atoms with Crippen LogP contribution in [0.15, 0.2) is 48.5 Å². The first-order valence-corrected chi connectivity index (χ1v) is 7.06. The summed E-state index contributed by atoms with van der Waals surface area (Å²) in [6.45, 7) is 0.384. The van der Waals surface area contributed by atoms with E-state index in [9.17, 15) is 14.0 Å². The van der Waals surface area contributed by atoms with Gasteiger partial charge in [-0.2, -0.15) is 0 Å². The molecule has 0 atom stereocenters. The molecule has 0 aliphatic rings. The molecular formula is C17H17FN2O3. The third kappa shape index (κ3) is 5.10. The van der Waals surface area contributed by atoms with E-state index in [0.717, 1.165) is 0 Å². The molecule has 5 nitrogen and oxygen atoms in total. The van der Waals surface area contributed by atoms with E-state index < -0.39 is 5.97 Å². The van der Waals surface area contributed by atoms with Gasteiger partial charge < -0.3 is 15.4 Å². The number of carbonyl (C=O) groups excluding carboxylic acids is 2. The molecule has 23 heavy (non-hydrogen) atoms. The number of amides is 1. The quantitative estimate of drug-likeness (QED) is 0.804. The van der Waals surface area contributed by atoms with Crippen molar-refractivity contribution in [3.63, 3.8) is 0 Å². The maximum atomic E-state index is 13.0. The summed E-state index contributed by atoms with van der Waals surface area (Å²) < 4.78 is 17.6. The van der Waals surface area contributed by atoms with Gasteiger partial charge in [0.05, 0.1) is 12.7 Å². The third-order valence-electron chi connectivity index (χ3n) is 3.10. The van der Waals surface area contributed by atoms with Crippen LogP contribution in [0.2, 0.25) is 0 Å². The Kier molecular flexibility index (Phi) is 5.68. The van der Waals surface area contributed by atoms with E-state index in [0.29, 0.717) is 23.5 Å². The molecule has 0 saturated heterocycles. The number of carbonyl (C=O) groups is 2. The lowest BCUT2D eigenvalue weighted by molar-refractivity contribution is -0.115. The molecular weight excluding hydrogens is 299 g/mol. The van der Waals surface area contributed by atoms with Gasteiger partial charge >= 0.3 is 5.97 Å². The summed E-state index contributed by atoms with van der Waals surface area (Å²) in [6, 6.07) is 12.5. The highest BCUT2D eigenvalue weighted by molar-refractivity contribution is 5.93. The molecule has 6 heteroatoms. The zero-order chi connectivity index (χ0) is 16.7. The first-order valence-electron chi connectivity index (χ1n) is 7.06. The molecule has 0 aliphatic carbocycles. The van der Waals surface area contributed by atoms with Crippen molar-refractivity contribution in [2.24, 2.45) is 0 Å². The van der Waals surface area contributed by atoms with Gasteiger partial charge in [-0.25, -0.2) is 9.18 Å². The zero-order valence-corrected chi connectivity index (χ0v) is 12.6. The number of nitrogens with one attached hydrogen (secondary N) is 2. The van der Waals surface area contributed by atoms with Crippen LogP contribution in [0.5, 0.6) is 0 Å². The maximum absolute atomic E-state index is 13.0. The van der Waals surface area contributed by atoms with Gasteiger partial charge in [-0.05, 0) is 42.5 Å². The number of anilines is 2. The molecule has 0 aromatic heterocycles. The second-order valence-corrected chi connectivity index (χ2v) is 4.80. The molecule has 2 N–H and O–H groups in total. The van der Waals surface area contributed by atoms with E-state index in [1.165, 1.54) is 19.2 Å². The van der Waals surface area contributed by atoms with Gasteiger partial charge in [-0.1, -0.05) is 6.07 Å². The fourth-order valence-corrected chi connectivity index (χ4v) is 1.95. The Bertz CT molecular complexity index is 686. The number of esters is 1. The van der Waals surface area contributed by atoms with Gasteiger partial charge in [0.1, 0.15) is 5.82 Å². The summed E-state index contributed by atoms with van der Waals surface area (Å²) in [5.41, 5.74) is 1.63. The normalized spacial score (nSPS) is 10.0. The fraction of sp³-hybridized carbons (Fsp3) is 0.176. The van der Waals surface area contributed by atoms with Gasteiger partial charge in [0, 0.05) is 24.3 Å². The summed E-state index contributed by atoms with van der Waals surface area (Å²) in [6.07, 6.45) is 0.231. The first kappa shape index (κ1) is 16.5. The van der Waals surface area contributed by atoms with Crippen molar-refractivity contribution >= 4 is 23.3 Å². The van der Waals surface area contributed by atoms with Crippen LogP contribution < -0.4 is 10.6 Å². The Morgan fingerprint density at radius 1 is 1.09 bits per heavy atom. The number of hydrogen-bond donors (Lipinski definition) is 2. The van der Waals surface area contributed by atoms with Crippen molar-refractivity contribution in [1.29, 1.82) is 0 Å². The average Bonchev–Trinajstić information content (AvgIpc) is 2.55. The highest BCUT2D eigenvalue weighted by Crippen LogP contribution is 2.11. The van der Waals surface area contributed by atoms with Crippen LogP contribution in [0.25, 0.3) is 0 Å². The van der Waals surface area contributed by atoms with Gasteiger partial charge in [0.25, 0.3) is 0 Å². The Morgan fingerprint density at radius 2 is 1.83 bits per heavy atom. The monoisotopic (exact) mass is 316 g/mol. The summed E-state index contributed by atoms with van der Waals surface area (Å²) in [5, 5.41) is 5.69. The second kappa shape index (κ2) is 7.93. The lowest BCUT2D eigenvalue weighted by atomic mass is 10.2. The molecule has 0 spiro atoms. The second-order valence-electron chi connectivity index (χ2n) is 4.80. The number of ether oxygens (including phenoxy) is 1. The van der Waals surface area contributed by atoms with Crippen LogP contribution in [0.1, 0.15) is 16.8 Å². The lowest BCUT2D eigenvalue weighted by Crippen LogP contribution is -2.16. The average molecular weight is 316 g/mol. The van der Waals surface area contributed by atoms with E-state index >= 15 is 0 Å². The first-order chi connectivity index (χ1) is 11.1. The van der Waals surface area contributed by atoms with Gasteiger partial charge in [0.15, 0.2) is 0 Å². The summed E-state index contributed by atoms with van der Waals surface area (Å²) in [4.78, 5) is 23.1. The number of benzene rings is 2. The topological polar surface area (TPSA) is 67.4 Å². The van der Waals surface area contributed by atoms with Crippen LogP contribution in [-0.2, 0) is 9.53 Å².